The normalized spacial score (nSPS) is 22.0. The molecule has 0 aromatic carbocycles. The molecule has 0 atom stereocenters. The molecule has 0 bridgehead atoms. The first-order valence-corrected chi connectivity index (χ1v) is 10.0. The maximum atomic E-state index is 12.3. The van der Waals surface area contributed by atoms with Crippen molar-refractivity contribution < 1.29 is 8.42 Å². The van der Waals surface area contributed by atoms with Gasteiger partial charge in [-0.15, -0.1) is 0 Å². The van der Waals surface area contributed by atoms with E-state index < -0.39 is 10.0 Å². The first kappa shape index (κ1) is 17.2. The molecule has 2 aliphatic rings. The van der Waals surface area contributed by atoms with Gasteiger partial charge in [-0.3, -0.25) is 0 Å². The van der Waals surface area contributed by atoms with Crippen LogP contribution in [0.1, 0.15) is 39.5 Å². The molecule has 2 rings (SSSR count). The van der Waals surface area contributed by atoms with Gasteiger partial charge < -0.3 is 10.2 Å². The van der Waals surface area contributed by atoms with E-state index in [-0.39, 0.29) is 0 Å². The minimum absolute atomic E-state index is 0.309. The molecule has 1 saturated heterocycles. The molecule has 124 valence electrons. The lowest BCUT2D eigenvalue weighted by molar-refractivity contribution is 0.172. The molecular formula is C15H31N3O2S. The average Bonchev–Trinajstić information content (AvgIpc) is 3.22. The first-order valence-electron chi connectivity index (χ1n) is 8.41. The summed E-state index contributed by atoms with van der Waals surface area (Å²) in [7, 11) is -3.04. The Morgan fingerprint density at radius 1 is 1.10 bits per heavy atom. The van der Waals surface area contributed by atoms with Crippen molar-refractivity contribution in [2.75, 3.05) is 45.0 Å². The Morgan fingerprint density at radius 3 is 2.33 bits per heavy atom. The Kier molecular flexibility index (Phi) is 6.47. The molecule has 5 nitrogen and oxygen atoms in total. The van der Waals surface area contributed by atoms with Gasteiger partial charge in [-0.25, -0.2) is 8.42 Å². The van der Waals surface area contributed by atoms with E-state index in [1.807, 2.05) is 0 Å². The summed E-state index contributed by atoms with van der Waals surface area (Å²) in [6, 6.07) is 0.718. The summed E-state index contributed by atoms with van der Waals surface area (Å²) in [6.45, 7) is 9.52. The molecule has 1 N–H and O–H groups in total. The number of nitrogens with one attached hydrogen (secondary N) is 1. The highest BCUT2D eigenvalue weighted by Gasteiger charge is 2.26. The predicted molar refractivity (Wildman–Crippen MR) is 86.9 cm³/mol. The van der Waals surface area contributed by atoms with Gasteiger partial charge in [0.05, 0.1) is 5.75 Å². The third kappa shape index (κ3) is 6.22. The van der Waals surface area contributed by atoms with E-state index in [1.54, 1.807) is 4.31 Å². The van der Waals surface area contributed by atoms with Crippen molar-refractivity contribution in [1.82, 2.24) is 14.5 Å². The number of hydrogen-bond donors (Lipinski definition) is 1. The number of nitrogens with zero attached hydrogens (tertiary/aromatic N) is 2. The molecule has 0 aromatic rings. The fourth-order valence-corrected chi connectivity index (χ4v) is 4.39. The van der Waals surface area contributed by atoms with E-state index in [2.05, 4.69) is 24.1 Å². The topological polar surface area (TPSA) is 52.7 Å². The average molecular weight is 317 g/mol. The van der Waals surface area contributed by atoms with E-state index in [9.17, 15) is 8.42 Å². The van der Waals surface area contributed by atoms with Crippen LogP contribution in [0.3, 0.4) is 0 Å². The fourth-order valence-electron chi connectivity index (χ4n) is 2.84. The molecule has 0 unspecified atom stereocenters. The van der Waals surface area contributed by atoms with Gasteiger partial charge in [0.25, 0.3) is 0 Å². The number of rotatable bonds is 9. The number of hydrogen-bond acceptors (Lipinski definition) is 4. The zero-order valence-electron chi connectivity index (χ0n) is 13.6. The quantitative estimate of drug-likeness (QED) is 0.648. The van der Waals surface area contributed by atoms with Crippen molar-refractivity contribution in [3.8, 4) is 0 Å². The van der Waals surface area contributed by atoms with Crippen molar-refractivity contribution >= 4 is 10.0 Å². The standard InChI is InChI=1S/C15H31N3O2S/c1-14(2)13-17-8-10-18(11-9-17)21(19,20)12-4-3-7-16-15-5-6-15/h14-16H,3-13H2,1-2H3. The Bertz CT molecular complexity index is 399. The van der Waals surface area contributed by atoms with Gasteiger partial charge in [-0.2, -0.15) is 4.31 Å². The molecule has 0 radical (unpaired) electrons. The summed E-state index contributed by atoms with van der Waals surface area (Å²) in [5, 5.41) is 3.43. The van der Waals surface area contributed by atoms with Crippen molar-refractivity contribution in [3.05, 3.63) is 0 Å². The van der Waals surface area contributed by atoms with Gasteiger partial charge in [0.1, 0.15) is 0 Å². The van der Waals surface area contributed by atoms with Crippen LogP contribution in [-0.2, 0) is 10.0 Å². The Morgan fingerprint density at radius 2 is 1.76 bits per heavy atom. The lowest BCUT2D eigenvalue weighted by Gasteiger charge is -2.34. The third-order valence-corrected chi connectivity index (χ3v) is 6.14. The van der Waals surface area contributed by atoms with Gasteiger partial charge in [-0.05, 0) is 38.1 Å². The summed E-state index contributed by atoms with van der Waals surface area (Å²) in [5.41, 5.74) is 0. The molecule has 1 saturated carbocycles. The number of unbranched alkanes of at least 4 members (excludes halogenated alkanes) is 1. The first-order chi connectivity index (χ1) is 9.97. The molecule has 0 spiro atoms. The van der Waals surface area contributed by atoms with Crippen molar-refractivity contribution in [1.29, 1.82) is 0 Å². The zero-order valence-corrected chi connectivity index (χ0v) is 14.4. The van der Waals surface area contributed by atoms with E-state index >= 15 is 0 Å². The van der Waals surface area contributed by atoms with Crippen molar-refractivity contribution in [2.24, 2.45) is 5.92 Å². The summed E-state index contributed by atoms with van der Waals surface area (Å²) in [6.07, 6.45) is 4.31. The van der Waals surface area contributed by atoms with Crippen LogP contribution in [0, 0.1) is 5.92 Å². The monoisotopic (exact) mass is 317 g/mol. The van der Waals surface area contributed by atoms with Crippen molar-refractivity contribution in [3.63, 3.8) is 0 Å². The molecule has 21 heavy (non-hydrogen) atoms. The summed E-state index contributed by atoms with van der Waals surface area (Å²) in [4.78, 5) is 2.37. The second-order valence-corrected chi connectivity index (χ2v) is 8.93. The Labute approximate surface area is 130 Å². The zero-order chi connectivity index (χ0) is 15.3. The van der Waals surface area contributed by atoms with Crippen LogP contribution in [0.2, 0.25) is 0 Å². The predicted octanol–water partition coefficient (Wildman–Crippen LogP) is 1.12. The molecule has 6 heteroatoms. The number of piperazine rings is 1. The Hall–Kier alpha value is -0.170. The molecule has 0 amide bonds. The lowest BCUT2D eigenvalue weighted by Crippen LogP contribution is -2.49. The second-order valence-electron chi connectivity index (χ2n) is 6.85. The van der Waals surface area contributed by atoms with Crippen LogP contribution in [0.15, 0.2) is 0 Å². The van der Waals surface area contributed by atoms with Crippen LogP contribution < -0.4 is 5.32 Å². The minimum atomic E-state index is -3.04. The summed E-state index contributed by atoms with van der Waals surface area (Å²) >= 11 is 0. The molecule has 1 aliphatic carbocycles. The highest BCUT2D eigenvalue weighted by molar-refractivity contribution is 7.89. The fraction of sp³-hybridized carbons (Fsp3) is 1.00. The van der Waals surface area contributed by atoms with E-state index in [4.69, 9.17) is 0 Å². The van der Waals surface area contributed by atoms with E-state index in [0.29, 0.717) is 24.8 Å². The van der Waals surface area contributed by atoms with Crippen molar-refractivity contribution in [2.45, 2.75) is 45.6 Å². The lowest BCUT2D eigenvalue weighted by atomic mass is 10.2. The molecular weight excluding hydrogens is 286 g/mol. The maximum Gasteiger partial charge on any atom is 0.214 e. The largest absolute Gasteiger partial charge is 0.314 e. The highest BCUT2D eigenvalue weighted by Crippen LogP contribution is 2.18. The van der Waals surface area contributed by atoms with Gasteiger partial charge >= 0.3 is 0 Å². The van der Waals surface area contributed by atoms with Gasteiger partial charge in [0.2, 0.25) is 10.0 Å². The molecule has 1 aliphatic heterocycles. The second kappa shape index (κ2) is 7.90. The smallest absolute Gasteiger partial charge is 0.214 e. The number of sulfonamides is 1. The SMILES string of the molecule is CC(C)CN1CCN(S(=O)(=O)CCCCNC2CC2)CC1. The highest BCUT2D eigenvalue weighted by atomic mass is 32.2. The summed E-state index contributed by atoms with van der Waals surface area (Å²) in [5.74, 6) is 0.955. The van der Waals surface area contributed by atoms with Crippen LogP contribution in [0.4, 0.5) is 0 Å². The summed E-state index contributed by atoms with van der Waals surface area (Å²) < 4.78 is 26.3. The van der Waals surface area contributed by atoms with Crippen LogP contribution in [0.5, 0.6) is 0 Å². The maximum absolute atomic E-state index is 12.3. The molecule has 0 aromatic heterocycles. The van der Waals surface area contributed by atoms with Gasteiger partial charge in [-0.1, -0.05) is 13.8 Å². The van der Waals surface area contributed by atoms with Crippen LogP contribution in [-0.4, -0.2) is 68.7 Å². The minimum Gasteiger partial charge on any atom is -0.314 e. The van der Waals surface area contributed by atoms with Crippen LogP contribution in [0.25, 0.3) is 0 Å². The van der Waals surface area contributed by atoms with Crippen LogP contribution >= 0.6 is 0 Å². The van der Waals surface area contributed by atoms with E-state index in [1.165, 1.54) is 12.8 Å². The Balaban J connectivity index is 1.63. The molecule has 2 fully saturated rings. The van der Waals surface area contributed by atoms with Gasteiger partial charge in [0.15, 0.2) is 0 Å². The molecule has 1 heterocycles. The third-order valence-electron chi connectivity index (χ3n) is 4.19. The van der Waals surface area contributed by atoms with Gasteiger partial charge in [0, 0.05) is 38.8 Å². The van der Waals surface area contributed by atoms with E-state index in [0.717, 1.165) is 45.1 Å².